The van der Waals surface area contributed by atoms with Gasteiger partial charge in [-0.15, -0.1) is 0 Å². The van der Waals surface area contributed by atoms with Crippen molar-refractivity contribution < 1.29 is 22.7 Å². The molecule has 2 amide bonds. The fourth-order valence-electron chi connectivity index (χ4n) is 6.35. The van der Waals surface area contributed by atoms with E-state index in [9.17, 15) is 18.0 Å². The number of rotatable bonds is 10. The molecule has 4 aromatic rings. The van der Waals surface area contributed by atoms with Crippen LogP contribution in [0.15, 0.2) is 48.5 Å². The zero-order valence-corrected chi connectivity index (χ0v) is 25.9. The number of para-hydroxylation sites is 2. The third-order valence-electron chi connectivity index (χ3n) is 8.99. The molecule has 0 radical (unpaired) electrons. The number of hydrogen-bond donors (Lipinski definition) is 1. The molecule has 2 aromatic heterocycles. The van der Waals surface area contributed by atoms with Gasteiger partial charge in [-0.25, -0.2) is 22.9 Å². The van der Waals surface area contributed by atoms with E-state index in [0.717, 1.165) is 44.1 Å². The average molecular weight is 637 g/mol. The lowest BCUT2D eigenvalue weighted by molar-refractivity contribution is 0.122. The summed E-state index contributed by atoms with van der Waals surface area (Å²) in [6.07, 6.45) is 3.50. The van der Waals surface area contributed by atoms with Crippen LogP contribution < -0.4 is 10.2 Å². The van der Waals surface area contributed by atoms with E-state index >= 15 is 0 Å². The summed E-state index contributed by atoms with van der Waals surface area (Å²) in [4.78, 5) is 34.8. The number of ether oxygens (including phenoxy) is 1. The summed E-state index contributed by atoms with van der Waals surface area (Å²) in [6.45, 7) is 2.65. The Morgan fingerprint density at radius 3 is 2.43 bits per heavy atom. The number of halogens is 3. The number of imidazole rings is 1. The van der Waals surface area contributed by atoms with Crippen molar-refractivity contribution in [1.29, 1.82) is 0 Å². The van der Waals surface area contributed by atoms with Crippen molar-refractivity contribution in [3.63, 3.8) is 0 Å². The van der Waals surface area contributed by atoms with E-state index in [1.165, 1.54) is 16.7 Å². The zero-order valence-electron chi connectivity index (χ0n) is 25.9. The Hall–Kier alpha value is -4.26. The number of nitrogens with zero attached hydrogens (tertiary/aromatic N) is 7. The van der Waals surface area contributed by atoms with Gasteiger partial charge in [0.25, 0.3) is 6.43 Å². The highest BCUT2D eigenvalue weighted by molar-refractivity contribution is 5.77. The quantitative estimate of drug-likeness (QED) is 0.233. The van der Waals surface area contributed by atoms with E-state index in [1.807, 2.05) is 11.9 Å². The van der Waals surface area contributed by atoms with Crippen LogP contribution in [0.2, 0.25) is 0 Å². The van der Waals surface area contributed by atoms with Crippen LogP contribution in [-0.4, -0.2) is 74.8 Å². The molecule has 6 rings (SSSR count). The summed E-state index contributed by atoms with van der Waals surface area (Å²) in [5, 5.41) is 2.93. The highest BCUT2D eigenvalue weighted by Crippen LogP contribution is 2.31. The Morgan fingerprint density at radius 1 is 0.978 bits per heavy atom. The first-order chi connectivity index (χ1) is 22.4. The van der Waals surface area contributed by atoms with Crippen molar-refractivity contribution >= 4 is 23.0 Å². The van der Waals surface area contributed by atoms with Crippen molar-refractivity contribution in [2.24, 2.45) is 5.92 Å². The largest absolute Gasteiger partial charge is 0.378 e. The minimum Gasteiger partial charge on any atom is -0.378 e. The zero-order chi connectivity index (χ0) is 32.0. The molecule has 0 unspecified atom stereocenters. The number of carbonyl (C=O) groups is 1. The van der Waals surface area contributed by atoms with E-state index in [1.54, 1.807) is 41.3 Å². The first-order valence-electron chi connectivity index (χ1n) is 15.9. The van der Waals surface area contributed by atoms with Gasteiger partial charge in [-0.05, 0) is 67.9 Å². The third kappa shape index (κ3) is 7.41. The lowest BCUT2D eigenvalue weighted by Gasteiger charge is -2.34. The fourth-order valence-corrected chi connectivity index (χ4v) is 6.35. The normalized spacial score (nSPS) is 18.7. The molecule has 1 saturated carbocycles. The summed E-state index contributed by atoms with van der Waals surface area (Å²) < 4.78 is 48.3. The number of urea groups is 1. The van der Waals surface area contributed by atoms with Gasteiger partial charge in [-0.1, -0.05) is 30.7 Å². The molecule has 46 heavy (non-hydrogen) atoms. The van der Waals surface area contributed by atoms with Crippen molar-refractivity contribution in [3.05, 3.63) is 71.6 Å². The second-order valence-electron chi connectivity index (χ2n) is 12.0. The van der Waals surface area contributed by atoms with E-state index in [2.05, 4.69) is 20.3 Å². The van der Waals surface area contributed by atoms with Crippen LogP contribution in [0.4, 0.5) is 23.9 Å². The minimum absolute atomic E-state index is 0.129. The highest BCUT2D eigenvalue weighted by Gasteiger charge is 2.27. The van der Waals surface area contributed by atoms with Crippen molar-refractivity contribution in [2.45, 2.75) is 64.0 Å². The smallest absolute Gasteiger partial charge is 0.317 e. The Kier molecular flexibility index (Phi) is 9.96. The fraction of sp³-hybridized carbons (Fsp3) is 0.485. The lowest BCUT2D eigenvalue weighted by Crippen LogP contribution is -2.44. The van der Waals surface area contributed by atoms with Crippen LogP contribution in [0.5, 0.6) is 0 Å². The number of nitrogens with one attached hydrogen (secondary N) is 1. The van der Waals surface area contributed by atoms with Gasteiger partial charge in [0.15, 0.2) is 5.82 Å². The van der Waals surface area contributed by atoms with Gasteiger partial charge in [0.05, 0.1) is 24.2 Å². The molecule has 2 aliphatic rings. The molecule has 0 atom stereocenters. The van der Waals surface area contributed by atoms with E-state index in [-0.39, 0.29) is 23.8 Å². The van der Waals surface area contributed by atoms with Gasteiger partial charge in [0, 0.05) is 39.1 Å². The van der Waals surface area contributed by atoms with Crippen LogP contribution in [0.25, 0.3) is 17.0 Å². The molecule has 244 valence electrons. The average Bonchev–Trinajstić information content (AvgIpc) is 3.48. The summed E-state index contributed by atoms with van der Waals surface area (Å²) in [5.74, 6) is 1.01. The van der Waals surface area contributed by atoms with Crippen LogP contribution >= 0.6 is 0 Å². The molecule has 1 N–H and O–H groups in total. The van der Waals surface area contributed by atoms with E-state index in [4.69, 9.17) is 9.72 Å². The third-order valence-corrected chi connectivity index (χ3v) is 8.99. The number of aryl methyl sites for hydroxylation is 1. The molecule has 2 aromatic carbocycles. The molecule has 10 nitrogen and oxygen atoms in total. The minimum atomic E-state index is -2.80. The second kappa shape index (κ2) is 14.4. The summed E-state index contributed by atoms with van der Waals surface area (Å²) in [6, 6.07) is 13.2. The molecule has 0 bridgehead atoms. The van der Waals surface area contributed by atoms with Gasteiger partial charge in [0.1, 0.15) is 11.6 Å². The molecular weight excluding hydrogens is 597 g/mol. The SMILES string of the molecule is CN(C(=O)NCc1ccc(F)cc1)C1CCC(CCCc2nc(N3CCOCC3)nc(-n3c(C(F)F)nc4ccccc43)n2)CC1. The predicted molar refractivity (Wildman–Crippen MR) is 168 cm³/mol. The number of carbonyl (C=O) groups excluding carboxylic acids is 1. The van der Waals surface area contributed by atoms with Crippen LogP contribution in [-0.2, 0) is 17.7 Å². The Morgan fingerprint density at radius 2 is 1.70 bits per heavy atom. The predicted octanol–water partition coefficient (Wildman–Crippen LogP) is 5.85. The van der Waals surface area contributed by atoms with Crippen LogP contribution in [0.3, 0.4) is 0 Å². The first-order valence-corrected chi connectivity index (χ1v) is 15.9. The summed E-state index contributed by atoms with van der Waals surface area (Å²) in [5.41, 5.74) is 1.83. The molecule has 3 heterocycles. The Bertz CT molecular complexity index is 1620. The molecule has 13 heteroatoms. The summed E-state index contributed by atoms with van der Waals surface area (Å²) >= 11 is 0. The second-order valence-corrected chi connectivity index (χ2v) is 12.0. The number of fused-ring (bicyclic) bond motifs is 1. The van der Waals surface area contributed by atoms with E-state index < -0.39 is 12.2 Å². The number of alkyl halides is 2. The molecular formula is C33H39F3N8O2. The van der Waals surface area contributed by atoms with Crippen LogP contribution in [0.1, 0.15) is 62.2 Å². The molecule has 1 saturated heterocycles. The van der Waals surface area contributed by atoms with Crippen LogP contribution in [0, 0.1) is 11.7 Å². The van der Waals surface area contributed by atoms with Gasteiger partial charge in [-0.3, -0.25) is 4.57 Å². The van der Waals surface area contributed by atoms with Crippen molar-refractivity contribution in [1.82, 2.24) is 34.7 Å². The maximum absolute atomic E-state index is 14.1. The van der Waals surface area contributed by atoms with Crippen molar-refractivity contribution in [2.75, 3.05) is 38.3 Å². The number of morpholine rings is 1. The first kappa shape index (κ1) is 31.7. The van der Waals surface area contributed by atoms with E-state index in [0.29, 0.717) is 68.0 Å². The Balaban J connectivity index is 1.08. The lowest BCUT2D eigenvalue weighted by atomic mass is 9.82. The summed E-state index contributed by atoms with van der Waals surface area (Å²) in [7, 11) is 1.83. The van der Waals surface area contributed by atoms with Crippen molar-refractivity contribution in [3.8, 4) is 5.95 Å². The van der Waals surface area contributed by atoms with Gasteiger partial charge in [-0.2, -0.15) is 15.0 Å². The number of anilines is 1. The molecule has 2 fully saturated rings. The maximum atomic E-state index is 14.1. The Labute approximate surface area is 266 Å². The number of aromatic nitrogens is 5. The number of amides is 2. The number of benzene rings is 2. The van der Waals surface area contributed by atoms with Gasteiger partial charge in [0.2, 0.25) is 11.9 Å². The highest BCUT2D eigenvalue weighted by atomic mass is 19.3. The molecule has 1 aliphatic heterocycles. The maximum Gasteiger partial charge on any atom is 0.317 e. The monoisotopic (exact) mass is 636 g/mol. The topological polar surface area (TPSA) is 101 Å². The molecule has 1 aliphatic carbocycles. The standard InChI is InChI=1S/C33H39F3N8O2/c1-42(33(45)37-21-23-9-13-24(34)14-10-23)25-15-11-22(12-16-25)5-4-8-28-39-31(43-17-19-46-20-18-43)41-32(40-28)44-27-7-3-2-6-26(27)38-30(44)29(35)36/h2-3,6-7,9-10,13-14,22,25,29H,4-5,8,11-12,15-21H2,1H3,(H,37,45). The van der Waals surface area contributed by atoms with Gasteiger partial charge >= 0.3 is 6.03 Å². The number of hydrogen-bond acceptors (Lipinski definition) is 7. The van der Waals surface area contributed by atoms with Gasteiger partial charge < -0.3 is 19.9 Å². The molecule has 0 spiro atoms.